The smallest absolute Gasteiger partial charge is 0.191 e. The van der Waals surface area contributed by atoms with Gasteiger partial charge in [0.1, 0.15) is 11.9 Å². The predicted octanol–water partition coefficient (Wildman–Crippen LogP) is 2.82. The first-order valence-corrected chi connectivity index (χ1v) is 9.11. The third kappa shape index (κ3) is 5.79. The zero-order valence-electron chi connectivity index (χ0n) is 13.8. The van der Waals surface area contributed by atoms with Gasteiger partial charge in [-0.3, -0.25) is 4.99 Å². The molecule has 4 nitrogen and oxygen atoms in total. The first-order chi connectivity index (χ1) is 10.7. The van der Waals surface area contributed by atoms with Crippen molar-refractivity contribution in [2.24, 2.45) is 4.99 Å². The maximum Gasteiger partial charge on any atom is 0.191 e. The maximum absolute atomic E-state index is 5.90. The molecule has 122 valence electrons. The van der Waals surface area contributed by atoms with Crippen LogP contribution in [0.3, 0.4) is 0 Å². The van der Waals surface area contributed by atoms with E-state index in [1.165, 1.54) is 24.2 Å². The van der Waals surface area contributed by atoms with Crippen LogP contribution in [0.25, 0.3) is 0 Å². The van der Waals surface area contributed by atoms with Crippen LogP contribution < -0.4 is 15.4 Å². The molecule has 0 aliphatic carbocycles. The fourth-order valence-electron chi connectivity index (χ4n) is 2.37. The normalized spacial score (nSPS) is 20.3. The van der Waals surface area contributed by atoms with Gasteiger partial charge in [-0.25, -0.2) is 0 Å². The van der Waals surface area contributed by atoms with Gasteiger partial charge in [-0.2, -0.15) is 11.8 Å². The molecule has 1 aliphatic rings. The van der Waals surface area contributed by atoms with Gasteiger partial charge in [0.25, 0.3) is 0 Å². The largest absolute Gasteiger partial charge is 0.489 e. The molecular weight excluding hydrogens is 294 g/mol. The Kier molecular flexibility index (Phi) is 6.90. The number of hydrogen-bond donors (Lipinski definition) is 2. The molecule has 0 saturated carbocycles. The van der Waals surface area contributed by atoms with E-state index in [4.69, 9.17) is 4.74 Å². The molecule has 1 heterocycles. The molecule has 1 fully saturated rings. The van der Waals surface area contributed by atoms with Crippen LogP contribution in [0.4, 0.5) is 0 Å². The fraction of sp³-hybridized carbons (Fsp3) is 0.588. The number of nitrogens with one attached hydrogen (secondary N) is 2. The Hall–Kier alpha value is -1.36. The Bertz CT molecular complexity index is 469. The van der Waals surface area contributed by atoms with Gasteiger partial charge in [0.05, 0.1) is 6.54 Å². The SMILES string of the molecule is CN=C(NCC(C)Oc1ccc(C)cc1)NC1CCCSC1. The quantitative estimate of drug-likeness (QED) is 0.647. The highest BCUT2D eigenvalue weighted by molar-refractivity contribution is 7.99. The van der Waals surface area contributed by atoms with Gasteiger partial charge in [0.15, 0.2) is 5.96 Å². The third-order valence-electron chi connectivity index (χ3n) is 3.64. The second kappa shape index (κ2) is 8.93. The average molecular weight is 321 g/mol. The average Bonchev–Trinajstić information content (AvgIpc) is 2.54. The molecule has 0 aromatic heterocycles. The fourth-order valence-corrected chi connectivity index (χ4v) is 3.45. The Morgan fingerprint density at radius 2 is 2.18 bits per heavy atom. The van der Waals surface area contributed by atoms with E-state index in [0.29, 0.717) is 6.04 Å². The van der Waals surface area contributed by atoms with Crippen molar-refractivity contribution in [3.05, 3.63) is 29.8 Å². The molecule has 0 radical (unpaired) electrons. The summed E-state index contributed by atoms with van der Waals surface area (Å²) >= 11 is 2.01. The van der Waals surface area contributed by atoms with Crippen LogP contribution in [0.1, 0.15) is 25.3 Å². The molecule has 0 amide bonds. The Balaban J connectivity index is 1.73. The van der Waals surface area contributed by atoms with E-state index in [-0.39, 0.29) is 6.10 Å². The van der Waals surface area contributed by atoms with Gasteiger partial charge in [0.2, 0.25) is 0 Å². The van der Waals surface area contributed by atoms with E-state index < -0.39 is 0 Å². The summed E-state index contributed by atoms with van der Waals surface area (Å²) in [5.74, 6) is 4.22. The van der Waals surface area contributed by atoms with Crippen molar-refractivity contribution >= 4 is 17.7 Å². The van der Waals surface area contributed by atoms with Crippen LogP contribution >= 0.6 is 11.8 Å². The molecule has 22 heavy (non-hydrogen) atoms. The van der Waals surface area contributed by atoms with E-state index in [9.17, 15) is 0 Å². The van der Waals surface area contributed by atoms with Crippen LogP contribution in [0, 0.1) is 6.92 Å². The topological polar surface area (TPSA) is 45.7 Å². The Labute approximate surface area is 138 Å². The Morgan fingerprint density at radius 1 is 1.41 bits per heavy atom. The maximum atomic E-state index is 5.90. The van der Waals surface area contributed by atoms with Gasteiger partial charge in [-0.05, 0) is 44.6 Å². The number of hydrogen-bond acceptors (Lipinski definition) is 3. The molecule has 1 aromatic carbocycles. The lowest BCUT2D eigenvalue weighted by Crippen LogP contribution is -2.47. The first kappa shape index (κ1) is 17.0. The van der Waals surface area contributed by atoms with Crippen molar-refractivity contribution < 1.29 is 4.74 Å². The van der Waals surface area contributed by atoms with Gasteiger partial charge in [-0.15, -0.1) is 0 Å². The zero-order valence-corrected chi connectivity index (χ0v) is 14.6. The number of ether oxygens (including phenoxy) is 1. The minimum atomic E-state index is 0.0852. The van der Waals surface area contributed by atoms with Crippen molar-refractivity contribution in [1.82, 2.24) is 10.6 Å². The summed E-state index contributed by atoms with van der Waals surface area (Å²) in [5, 5.41) is 6.85. The molecule has 5 heteroatoms. The first-order valence-electron chi connectivity index (χ1n) is 7.95. The van der Waals surface area contributed by atoms with Crippen molar-refractivity contribution in [2.75, 3.05) is 25.1 Å². The van der Waals surface area contributed by atoms with Crippen LogP contribution in [0.2, 0.25) is 0 Å². The summed E-state index contributed by atoms with van der Waals surface area (Å²) in [7, 11) is 1.82. The predicted molar refractivity (Wildman–Crippen MR) is 96.1 cm³/mol. The van der Waals surface area contributed by atoms with Crippen molar-refractivity contribution in [3.8, 4) is 5.75 Å². The monoisotopic (exact) mass is 321 g/mol. The lowest BCUT2D eigenvalue weighted by atomic mass is 10.2. The molecule has 2 rings (SSSR count). The molecule has 1 saturated heterocycles. The molecule has 1 aliphatic heterocycles. The number of aryl methyl sites for hydroxylation is 1. The number of nitrogens with zero attached hydrogens (tertiary/aromatic N) is 1. The van der Waals surface area contributed by atoms with E-state index in [2.05, 4.69) is 41.6 Å². The van der Waals surface area contributed by atoms with E-state index >= 15 is 0 Å². The van der Waals surface area contributed by atoms with Crippen molar-refractivity contribution in [2.45, 2.75) is 38.8 Å². The number of thioether (sulfide) groups is 1. The van der Waals surface area contributed by atoms with Gasteiger partial charge in [-0.1, -0.05) is 17.7 Å². The molecule has 0 bridgehead atoms. The van der Waals surface area contributed by atoms with Gasteiger partial charge in [0, 0.05) is 18.8 Å². The van der Waals surface area contributed by atoms with Crippen LogP contribution in [-0.4, -0.2) is 43.2 Å². The molecule has 2 unspecified atom stereocenters. The van der Waals surface area contributed by atoms with Crippen molar-refractivity contribution in [3.63, 3.8) is 0 Å². The van der Waals surface area contributed by atoms with Crippen LogP contribution in [-0.2, 0) is 0 Å². The molecule has 2 N–H and O–H groups in total. The van der Waals surface area contributed by atoms with E-state index in [0.717, 1.165) is 24.0 Å². The standard InChI is InChI=1S/C17H27N3OS/c1-13-6-8-16(9-7-13)21-14(2)11-19-17(18-3)20-15-5-4-10-22-12-15/h6-9,14-15H,4-5,10-12H2,1-3H3,(H2,18,19,20). The zero-order chi connectivity index (χ0) is 15.8. The molecule has 2 atom stereocenters. The lowest BCUT2D eigenvalue weighted by Gasteiger charge is -2.25. The summed E-state index contributed by atoms with van der Waals surface area (Å²) in [6.07, 6.45) is 2.59. The van der Waals surface area contributed by atoms with Crippen LogP contribution in [0.15, 0.2) is 29.3 Å². The summed E-state index contributed by atoms with van der Waals surface area (Å²) < 4.78 is 5.90. The second-order valence-corrected chi connectivity index (χ2v) is 6.90. The number of aliphatic imine (C=N–C) groups is 1. The van der Waals surface area contributed by atoms with E-state index in [1.807, 2.05) is 30.9 Å². The summed E-state index contributed by atoms with van der Waals surface area (Å²) in [6.45, 7) is 4.87. The minimum absolute atomic E-state index is 0.0852. The molecular formula is C17H27N3OS. The van der Waals surface area contributed by atoms with Gasteiger partial charge >= 0.3 is 0 Å². The molecule has 0 spiro atoms. The summed E-state index contributed by atoms with van der Waals surface area (Å²) in [4.78, 5) is 4.30. The Morgan fingerprint density at radius 3 is 2.82 bits per heavy atom. The number of rotatable bonds is 5. The second-order valence-electron chi connectivity index (χ2n) is 5.75. The van der Waals surface area contributed by atoms with Crippen molar-refractivity contribution in [1.29, 1.82) is 0 Å². The summed E-state index contributed by atoms with van der Waals surface area (Å²) in [5.41, 5.74) is 1.24. The van der Waals surface area contributed by atoms with Gasteiger partial charge < -0.3 is 15.4 Å². The third-order valence-corrected chi connectivity index (χ3v) is 4.86. The number of benzene rings is 1. The highest BCUT2D eigenvalue weighted by Gasteiger charge is 2.15. The highest BCUT2D eigenvalue weighted by atomic mass is 32.2. The van der Waals surface area contributed by atoms with E-state index in [1.54, 1.807) is 0 Å². The highest BCUT2D eigenvalue weighted by Crippen LogP contribution is 2.16. The minimum Gasteiger partial charge on any atom is -0.489 e. The lowest BCUT2D eigenvalue weighted by molar-refractivity contribution is 0.223. The van der Waals surface area contributed by atoms with Crippen LogP contribution in [0.5, 0.6) is 5.75 Å². The molecule has 1 aromatic rings. The number of guanidine groups is 1. The summed E-state index contributed by atoms with van der Waals surface area (Å²) in [6, 6.07) is 8.68.